The number of hydrogen-bond acceptors (Lipinski definition) is 1. The van der Waals surface area contributed by atoms with Gasteiger partial charge in [0.15, 0.2) is 0 Å². The monoisotopic (exact) mass is 217 g/mol. The Kier molecular flexibility index (Phi) is 2.24. The first-order valence-corrected chi connectivity index (χ1v) is 4.82. The van der Waals surface area contributed by atoms with E-state index in [1.807, 2.05) is 0 Å². The van der Waals surface area contributed by atoms with Crippen LogP contribution in [0, 0.1) is 11.6 Å². The minimum absolute atomic E-state index is 0.167. The van der Waals surface area contributed by atoms with Gasteiger partial charge in [0, 0.05) is 12.0 Å². The number of nitrogens with two attached hydrogens (primary N) is 1. The molecule has 0 amide bonds. The number of halogens is 3. The molecule has 2 N–H and O–H groups in total. The van der Waals surface area contributed by atoms with Crippen LogP contribution in [0.5, 0.6) is 0 Å². The molecule has 1 saturated carbocycles. The summed E-state index contributed by atoms with van der Waals surface area (Å²) in [5.74, 6) is -1.04. The number of hydrogen-bond donors (Lipinski definition) is 1. The topological polar surface area (TPSA) is 26.0 Å². The van der Waals surface area contributed by atoms with Gasteiger partial charge in [0.25, 0.3) is 0 Å². The van der Waals surface area contributed by atoms with Gasteiger partial charge in [-0.2, -0.15) is 0 Å². The van der Waals surface area contributed by atoms with Crippen molar-refractivity contribution in [2.45, 2.75) is 18.3 Å². The molecule has 1 aliphatic carbocycles. The molecule has 76 valence electrons. The molecule has 0 spiro atoms. The maximum atomic E-state index is 13.6. The third-order valence-electron chi connectivity index (χ3n) is 2.81. The predicted octanol–water partition coefficient (Wildman–Crippen LogP) is 2.61. The fourth-order valence-electron chi connectivity index (χ4n) is 1.68. The number of benzene rings is 1. The van der Waals surface area contributed by atoms with Crippen LogP contribution in [-0.2, 0) is 5.41 Å². The zero-order valence-electron chi connectivity index (χ0n) is 7.49. The van der Waals surface area contributed by atoms with Crippen LogP contribution in [0.1, 0.15) is 18.4 Å². The largest absolute Gasteiger partial charge is 0.330 e. The summed E-state index contributed by atoms with van der Waals surface area (Å²) in [5, 5.41) is -0.167. The van der Waals surface area contributed by atoms with Crippen molar-refractivity contribution in [1.82, 2.24) is 0 Å². The molecule has 0 unspecified atom stereocenters. The molecule has 14 heavy (non-hydrogen) atoms. The van der Waals surface area contributed by atoms with Crippen molar-refractivity contribution in [3.63, 3.8) is 0 Å². The van der Waals surface area contributed by atoms with Gasteiger partial charge in [0.05, 0.1) is 5.02 Å². The summed E-state index contributed by atoms with van der Waals surface area (Å²) in [5.41, 5.74) is 5.50. The van der Waals surface area contributed by atoms with E-state index in [4.69, 9.17) is 17.3 Å². The van der Waals surface area contributed by atoms with Gasteiger partial charge in [-0.25, -0.2) is 8.78 Å². The summed E-state index contributed by atoms with van der Waals surface area (Å²) >= 11 is 5.55. The zero-order valence-corrected chi connectivity index (χ0v) is 8.24. The lowest BCUT2D eigenvalue weighted by Crippen LogP contribution is -2.21. The maximum Gasteiger partial charge on any atom is 0.145 e. The molecular weight excluding hydrogens is 208 g/mol. The van der Waals surface area contributed by atoms with Crippen molar-refractivity contribution in [3.8, 4) is 0 Å². The first kappa shape index (κ1) is 9.87. The predicted molar refractivity (Wildman–Crippen MR) is 51.3 cm³/mol. The Hall–Kier alpha value is -0.670. The summed E-state index contributed by atoms with van der Waals surface area (Å²) in [6.07, 6.45) is 1.61. The standard InChI is InChI=1S/C10H10ClF2N/c11-8-4-6(12)3-7(9(8)13)10(5-14)1-2-10/h3-4H,1-2,5,14H2. The highest BCUT2D eigenvalue weighted by Crippen LogP contribution is 2.49. The van der Waals surface area contributed by atoms with Crippen LogP contribution in [0.15, 0.2) is 12.1 Å². The molecule has 0 atom stereocenters. The lowest BCUT2D eigenvalue weighted by atomic mass is 9.95. The summed E-state index contributed by atoms with van der Waals surface area (Å²) < 4.78 is 26.6. The van der Waals surface area contributed by atoms with E-state index in [-0.39, 0.29) is 10.4 Å². The molecule has 1 aliphatic rings. The van der Waals surface area contributed by atoms with E-state index in [0.717, 1.165) is 18.9 Å². The van der Waals surface area contributed by atoms with Crippen molar-refractivity contribution in [2.24, 2.45) is 5.73 Å². The van der Waals surface area contributed by atoms with E-state index in [1.165, 1.54) is 6.07 Å². The molecule has 1 aromatic rings. The number of rotatable bonds is 2. The van der Waals surface area contributed by atoms with Crippen molar-refractivity contribution in [1.29, 1.82) is 0 Å². The molecule has 0 aliphatic heterocycles. The van der Waals surface area contributed by atoms with Gasteiger partial charge in [-0.3, -0.25) is 0 Å². The SMILES string of the molecule is NCC1(c2cc(F)cc(Cl)c2F)CC1. The van der Waals surface area contributed by atoms with Gasteiger partial charge >= 0.3 is 0 Å². The average Bonchev–Trinajstić information content (AvgIpc) is 2.92. The molecule has 0 radical (unpaired) electrons. The summed E-state index contributed by atoms with van der Waals surface area (Å²) in [7, 11) is 0. The Morgan fingerprint density at radius 1 is 1.36 bits per heavy atom. The van der Waals surface area contributed by atoms with Crippen LogP contribution in [0.2, 0.25) is 5.02 Å². The lowest BCUT2D eigenvalue weighted by Gasteiger charge is -2.14. The van der Waals surface area contributed by atoms with Gasteiger partial charge in [0.1, 0.15) is 11.6 Å². The smallest absolute Gasteiger partial charge is 0.145 e. The van der Waals surface area contributed by atoms with Crippen molar-refractivity contribution in [3.05, 3.63) is 34.4 Å². The fraction of sp³-hybridized carbons (Fsp3) is 0.400. The van der Waals surface area contributed by atoms with E-state index >= 15 is 0 Å². The van der Waals surface area contributed by atoms with Crippen LogP contribution >= 0.6 is 11.6 Å². The maximum absolute atomic E-state index is 13.6. The average molecular weight is 218 g/mol. The third kappa shape index (κ3) is 1.41. The van der Waals surface area contributed by atoms with Crippen molar-refractivity contribution < 1.29 is 8.78 Å². The van der Waals surface area contributed by atoms with Crippen molar-refractivity contribution >= 4 is 11.6 Å². The zero-order chi connectivity index (χ0) is 10.3. The van der Waals surface area contributed by atoms with E-state index in [1.54, 1.807) is 0 Å². The van der Waals surface area contributed by atoms with Crippen molar-refractivity contribution in [2.75, 3.05) is 6.54 Å². The van der Waals surface area contributed by atoms with Gasteiger partial charge in [0.2, 0.25) is 0 Å². The molecule has 0 aromatic heterocycles. The molecular formula is C10H10ClF2N. The molecule has 1 fully saturated rings. The molecule has 1 nitrogen and oxygen atoms in total. The molecule has 0 bridgehead atoms. The van der Waals surface area contributed by atoms with E-state index in [2.05, 4.69) is 0 Å². The Morgan fingerprint density at radius 3 is 2.50 bits per heavy atom. The highest BCUT2D eigenvalue weighted by Gasteiger charge is 2.45. The fourth-order valence-corrected chi connectivity index (χ4v) is 1.88. The molecule has 4 heteroatoms. The highest BCUT2D eigenvalue weighted by atomic mass is 35.5. The minimum Gasteiger partial charge on any atom is -0.330 e. The summed E-state index contributed by atoms with van der Waals surface area (Å²) in [6, 6.07) is 2.17. The Morgan fingerprint density at radius 2 is 2.00 bits per heavy atom. The van der Waals surface area contributed by atoms with E-state index in [0.29, 0.717) is 12.1 Å². The molecule has 0 heterocycles. The van der Waals surface area contributed by atoms with Gasteiger partial charge in [-0.05, 0) is 30.5 Å². The second-order valence-corrected chi connectivity index (χ2v) is 4.14. The normalized spacial score (nSPS) is 18.3. The summed E-state index contributed by atoms with van der Waals surface area (Å²) in [6.45, 7) is 0.337. The van der Waals surface area contributed by atoms with Gasteiger partial charge in [-0.15, -0.1) is 0 Å². The second kappa shape index (κ2) is 3.17. The van der Waals surface area contributed by atoms with Crippen LogP contribution in [0.25, 0.3) is 0 Å². The minimum atomic E-state index is -0.531. The van der Waals surface area contributed by atoms with E-state index < -0.39 is 11.6 Å². The Bertz CT molecular complexity index is 375. The lowest BCUT2D eigenvalue weighted by molar-refractivity contribution is 0.555. The van der Waals surface area contributed by atoms with Crippen LogP contribution in [0.3, 0.4) is 0 Å². The first-order chi connectivity index (χ1) is 6.59. The van der Waals surface area contributed by atoms with Gasteiger partial charge < -0.3 is 5.73 Å². The molecule has 0 saturated heterocycles. The van der Waals surface area contributed by atoms with E-state index in [9.17, 15) is 8.78 Å². The Balaban J connectivity index is 2.52. The quantitative estimate of drug-likeness (QED) is 0.758. The highest BCUT2D eigenvalue weighted by molar-refractivity contribution is 6.30. The van der Waals surface area contributed by atoms with Crippen LogP contribution in [-0.4, -0.2) is 6.54 Å². The summed E-state index contributed by atoms with van der Waals surface area (Å²) in [4.78, 5) is 0. The second-order valence-electron chi connectivity index (χ2n) is 3.73. The molecule has 2 rings (SSSR count). The molecule has 1 aromatic carbocycles. The van der Waals surface area contributed by atoms with Crippen LogP contribution < -0.4 is 5.73 Å². The first-order valence-electron chi connectivity index (χ1n) is 4.44. The third-order valence-corrected chi connectivity index (χ3v) is 3.08. The Labute approximate surface area is 85.9 Å². The van der Waals surface area contributed by atoms with Gasteiger partial charge in [-0.1, -0.05) is 11.6 Å². The van der Waals surface area contributed by atoms with Crippen LogP contribution in [0.4, 0.5) is 8.78 Å².